The number of likely N-dealkylation sites (N-methyl/N-ethyl adjacent to an activating group) is 1. The molecule has 0 bridgehead atoms. The maximum atomic E-state index is 13.1. The molecule has 1 atom stereocenters. The summed E-state index contributed by atoms with van der Waals surface area (Å²) in [4.78, 5) is 29.9. The Bertz CT molecular complexity index is 1030. The first-order chi connectivity index (χ1) is 15.3. The fourth-order valence-corrected chi connectivity index (χ4v) is 4.23. The number of carbonyl (C=O) groups is 2. The first kappa shape index (κ1) is 24.0. The van der Waals surface area contributed by atoms with Crippen LogP contribution >= 0.6 is 15.9 Å². The molecule has 0 aromatic heterocycles. The van der Waals surface area contributed by atoms with Gasteiger partial charge in [0.25, 0.3) is 11.7 Å². The third-order valence-electron chi connectivity index (χ3n) is 5.95. The fourth-order valence-electron chi connectivity index (χ4n) is 3.98. The largest absolute Gasteiger partial charge is 0.507 e. The Morgan fingerprint density at radius 3 is 2.34 bits per heavy atom. The van der Waals surface area contributed by atoms with Gasteiger partial charge in [-0.15, -0.1) is 0 Å². The van der Waals surface area contributed by atoms with Gasteiger partial charge in [-0.05, 0) is 55.4 Å². The van der Waals surface area contributed by atoms with Gasteiger partial charge in [0, 0.05) is 23.1 Å². The molecule has 1 fully saturated rings. The number of Topliss-reactive ketones (excluding diaryl/α,β-unsaturated/α-hetero) is 1. The summed E-state index contributed by atoms with van der Waals surface area (Å²) in [6.07, 6.45) is 0. The van der Waals surface area contributed by atoms with Crippen molar-refractivity contribution in [2.45, 2.75) is 26.8 Å². The molecule has 1 heterocycles. The Morgan fingerprint density at radius 1 is 1.12 bits per heavy atom. The molecule has 1 N–H and O–H groups in total. The van der Waals surface area contributed by atoms with Crippen LogP contribution in [0.5, 0.6) is 5.75 Å². The van der Waals surface area contributed by atoms with E-state index in [1.807, 2.05) is 25.1 Å². The maximum absolute atomic E-state index is 13.1. The first-order valence-electron chi connectivity index (χ1n) is 10.7. The van der Waals surface area contributed by atoms with E-state index in [0.29, 0.717) is 24.4 Å². The van der Waals surface area contributed by atoms with Gasteiger partial charge in [-0.2, -0.15) is 0 Å². The van der Waals surface area contributed by atoms with E-state index in [1.165, 1.54) is 0 Å². The van der Waals surface area contributed by atoms with Crippen molar-refractivity contribution in [3.05, 3.63) is 69.2 Å². The molecule has 3 rings (SSSR count). The summed E-state index contributed by atoms with van der Waals surface area (Å²) in [6, 6.07) is 11.9. The monoisotopic (exact) mass is 500 g/mol. The third kappa shape index (κ3) is 4.74. The Morgan fingerprint density at radius 2 is 1.78 bits per heavy atom. The second-order valence-corrected chi connectivity index (χ2v) is 8.61. The molecule has 2 aromatic carbocycles. The molecule has 2 aromatic rings. The van der Waals surface area contributed by atoms with Crippen LogP contribution in [0.2, 0.25) is 0 Å². The van der Waals surface area contributed by atoms with Crippen molar-refractivity contribution in [1.82, 2.24) is 9.80 Å². The van der Waals surface area contributed by atoms with E-state index in [9.17, 15) is 14.7 Å². The zero-order valence-corrected chi connectivity index (χ0v) is 20.5. The zero-order chi connectivity index (χ0) is 23.4. The SMILES string of the molecule is CCN(CC)CCN1C(=O)C(=O)/C(=C(\O)c2ccc(Br)c(C)c2)C1c1ccc(OC)cc1. The number of aliphatic hydroxyl groups excluding tert-OH is 1. The number of amides is 1. The van der Waals surface area contributed by atoms with E-state index in [2.05, 4.69) is 34.7 Å². The summed E-state index contributed by atoms with van der Waals surface area (Å²) < 4.78 is 6.16. The van der Waals surface area contributed by atoms with E-state index < -0.39 is 17.7 Å². The average Bonchev–Trinajstić information content (AvgIpc) is 3.06. The van der Waals surface area contributed by atoms with Crippen LogP contribution < -0.4 is 4.74 Å². The van der Waals surface area contributed by atoms with Crippen molar-refractivity contribution >= 4 is 33.4 Å². The lowest BCUT2D eigenvalue weighted by Crippen LogP contribution is -2.38. The summed E-state index contributed by atoms with van der Waals surface area (Å²) >= 11 is 3.46. The highest BCUT2D eigenvalue weighted by Crippen LogP contribution is 2.40. The molecule has 7 heteroatoms. The summed E-state index contributed by atoms with van der Waals surface area (Å²) in [5, 5.41) is 11.2. The average molecular weight is 501 g/mol. The van der Waals surface area contributed by atoms with Gasteiger partial charge >= 0.3 is 0 Å². The number of hydrogen-bond donors (Lipinski definition) is 1. The predicted octanol–water partition coefficient (Wildman–Crippen LogP) is 4.53. The second-order valence-electron chi connectivity index (χ2n) is 7.76. The Kier molecular flexibility index (Phi) is 7.74. The van der Waals surface area contributed by atoms with Crippen LogP contribution in [0.3, 0.4) is 0 Å². The topological polar surface area (TPSA) is 70.1 Å². The molecule has 170 valence electrons. The molecular formula is C25H29BrN2O4. The quantitative estimate of drug-likeness (QED) is 0.327. The van der Waals surface area contributed by atoms with E-state index in [1.54, 1.807) is 36.3 Å². The molecular weight excluding hydrogens is 472 g/mol. The molecule has 1 aliphatic rings. The Labute approximate surface area is 197 Å². The molecule has 0 aliphatic carbocycles. The number of carbonyl (C=O) groups excluding carboxylic acids is 2. The lowest BCUT2D eigenvalue weighted by molar-refractivity contribution is -0.140. The number of aryl methyl sites for hydroxylation is 1. The highest BCUT2D eigenvalue weighted by atomic mass is 79.9. The van der Waals surface area contributed by atoms with Gasteiger partial charge in [-0.3, -0.25) is 9.59 Å². The summed E-state index contributed by atoms with van der Waals surface area (Å²) in [7, 11) is 1.58. The number of nitrogens with zero attached hydrogens (tertiary/aromatic N) is 2. The lowest BCUT2D eigenvalue weighted by atomic mass is 9.95. The smallest absolute Gasteiger partial charge is 0.295 e. The van der Waals surface area contributed by atoms with E-state index >= 15 is 0 Å². The van der Waals surface area contributed by atoms with Crippen LogP contribution in [0.4, 0.5) is 0 Å². The zero-order valence-electron chi connectivity index (χ0n) is 18.9. The van der Waals surface area contributed by atoms with Gasteiger partial charge in [0.05, 0.1) is 18.7 Å². The Balaban J connectivity index is 2.11. The summed E-state index contributed by atoms with van der Waals surface area (Å²) in [5.41, 5.74) is 2.29. The van der Waals surface area contributed by atoms with Gasteiger partial charge in [0.2, 0.25) is 0 Å². The maximum Gasteiger partial charge on any atom is 0.295 e. The van der Waals surface area contributed by atoms with Crippen molar-refractivity contribution in [2.24, 2.45) is 0 Å². The predicted molar refractivity (Wildman–Crippen MR) is 129 cm³/mol. The molecule has 1 saturated heterocycles. The number of halogens is 1. The molecule has 0 spiro atoms. The number of benzene rings is 2. The molecule has 1 amide bonds. The van der Waals surface area contributed by atoms with Crippen molar-refractivity contribution in [3.63, 3.8) is 0 Å². The number of methoxy groups -OCH3 is 1. The minimum absolute atomic E-state index is 0.112. The summed E-state index contributed by atoms with van der Waals surface area (Å²) in [5.74, 6) is -0.737. The van der Waals surface area contributed by atoms with Crippen LogP contribution in [0.15, 0.2) is 52.5 Å². The van der Waals surface area contributed by atoms with Crippen LogP contribution in [-0.2, 0) is 9.59 Å². The van der Waals surface area contributed by atoms with Crippen LogP contribution in [0.25, 0.3) is 5.76 Å². The highest BCUT2D eigenvalue weighted by Gasteiger charge is 2.46. The van der Waals surface area contributed by atoms with Crippen molar-refractivity contribution in [2.75, 3.05) is 33.3 Å². The van der Waals surface area contributed by atoms with Gasteiger partial charge in [0.1, 0.15) is 11.5 Å². The van der Waals surface area contributed by atoms with E-state index in [0.717, 1.165) is 28.7 Å². The van der Waals surface area contributed by atoms with E-state index in [4.69, 9.17) is 4.74 Å². The number of ketones is 1. The van der Waals surface area contributed by atoms with Crippen LogP contribution in [-0.4, -0.2) is 59.9 Å². The fraction of sp³-hybridized carbons (Fsp3) is 0.360. The molecule has 0 radical (unpaired) electrons. The normalized spacial score (nSPS) is 17.9. The number of hydrogen-bond acceptors (Lipinski definition) is 5. The summed E-state index contributed by atoms with van der Waals surface area (Å²) in [6.45, 7) is 8.77. The van der Waals surface area contributed by atoms with Gasteiger partial charge in [-0.25, -0.2) is 0 Å². The van der Waals surface area contributed by atoms with E-state index in [-0.39, 0.29) is 11.3 Å². The van der Waals surface area contributed by atoms with Gasteiger partial charge < -0.3 is 19.6 Å². The molecule has 6 nitrogen and oxygen atoms in total. The highest BCUT2D eigenvalue weighted by molar-refractivity contribution is 9.10. The first-order valence-corrected chi connectivity index (χ1v) is 11.5. The minimum Gasteiger partial charge on any atom is -0.507 e. The second kappa shape index (κ2) is 10.3. The number of aliphatic hydroxyl groups is 1. The van der Waals surface area contributed by atoms with Crippen molar-refractivity contribution in [1.29, 1.82) is 0 Å². The number of likely N-dealkylation sites (tertiary alicyclic amines) is 1. The standard InChI is InChI=1S/C25H29BrN2O4/c1-5-27(6-2)13-14-28-22(17-7-10-19(32-4)11-8-17)21(24(30)25(28)31)23(29)18-9-12-20(26)16(3)15-18/h7-12,15,22,29H,5-6,13-14H2,1-4H3/b23-21-. The third-order valence-corrected chi connectivity index (χ3v) is 6.84. The van der Waals surface area contributed by atoms with Crippen LogP contribution in [0.1, 0.15) is 36.6 Å². The molecule has 1 aliphatic heterocycles. The molecule has 0 saturated carbocycles. The number of rotatable bonds is 8. The van der Waals surface area contributed by atoms with Crippen LogP contribution in [0, 0.1) is 6.92 Å². The van der Waals surface area contributed by atoms with Crippen molar-refractivity contribution < 1.29 is 19.4 Å². The van der Waals surface area contributed by atoms with Gasteiger partial charge in [0.15, 0.2) is 0 Å². The van der Waals surface area contributed by atoms with Crippen molar-refractivity contribution in [3.8, 4) is 5.75 Å². The van der Waals surface area contributed by atoms with Gasteiger partial charge in [-0.1, -0.05) is 48.0 Å². The number of ether oxygens (including phenoxy) is 1. The Hall–Kier alpha value is -2.64. The molecule has 32 heavy (non-hydrogen) atoms. The lowest BCUT2D eigenvalue weighted by Gasteiger charge is -2.28. The molecule has 1 unspecified atom stereocenters. The minimum atomic E-state index is -0.666.